The molecule has 0 aliphatic heterocycles. The largest absolute Gasteiger partial charge is 0.334 e. The second-order valence-corrected chi connectivity index (χ2v) is 4.36. The van der Waals surface area contributed by atoms with Gasteiger partial charge < -0.3 is 9.88 Å². The quantitative estimate of drug-likeness (QED) is 0.687. The Labute approximate surface area is 99.3 Å². The van der Waals surface area contributed by atoms with Gasteiger partial charge in [-0.05, 0) is 18.9 Å². The van der Waals surface area contributed by atoms with Gasteiger partial charge in [0.05, 0.1) is 6.54 Å². The van der Waals surface area contributed by atoms with E-state index in [1.54, 1.807) is 0 Å². The van der Waals surface area contributed by atoms with Crippen molar-refractivity contribution in [1.82, 2.24) is 14.9 Å². The van der Waals surface area contributed by atoms with Crippen LogP contribution in [0.1, 0.15) is 45.9 Å². The van der Waals surface area contributed by atoms with Gasteiger partial charge in [-0.3, -0.25) is 0 Å². The van der Waals surface area contributed by atoms with Crippen molar-refractivity contribution in [3.05, 3.63) is 18.2 Å². The Kier molecular flexibility index (Phi) is 6.16. The van der Waals surface area contributed by atoms with Crippen molar-refractivity contribution in [2.75, 3.05) is 6.54 Å². The fourth-order valence-corrected chi connectivity index (χ4v) is 1.88. The lowest BCUT2D eigenvalue weighted by molar-refractivity contribution is 0.407. The summed E-state index contributed by atoms with van der Waals surface area (Å²) in [6.07, 6.45) is 7.67. The van der Waals surface area contributed by atoms with Crippen molar-refractivity contribution in [2.24, 2.45) is 5.92 Å². The maximum Gasteiger partial charge on any atom is 0.122 e. The first-order valence-corrected chi connectivity index (χ1v) is 6.52. The summed E-state index contributed by atoms with van der Waals surface area (Å²) >= 11 is 0. The minimum atomic E-state index is 0.777. The van der Waals surface area contributed by atoms with E-state index in [4.69, 9.17) is 0 Å². The van der Waals surface area contributed by atoms with E-state index in [1.165, 1.54) is 25.1 Å². The zero-order chi connectivity index (χ0) is 11.8. The molecule has 0 fully saturated rings. The van der Waals surface area contributed by atoms with Gasteiger partial charge in [-0.15, -0.1) is 0 Å². The molecule has 16 heavy (non-hydrogen) atoms. The summed E-state index contributed by atoms with van der Waals surface area (Å²) in [7, 11) is 0. The Morgan fingerprint density at radius 2 is 2.06 bits per heavy atom. The summed E-state index contributed by atoms with van der Waals surface area (Å²) in [5, 5.41) is 3.40. The van der Waals surface area contributed by atoms with Crippen molar-refractivity contribution in [3.8, 4) is 0 Å². The highest BCUT2D eigenvalue weighted by atomic mass is 15.1. The van der Waals surface area contributed by atoms with Crippen LogP contribution in [0.3, 0.4) is 0 Å². The topological polar surface area (TPSA) is 29.9 Å². The lowest BCUT2D eigenvalue weighted by atomic mass is 10.0. The van der Waals surface area contributed by atoms with Crippen LogP contribution in [0.2, 0.25) is 0 Å². The number of aromatic nitrogens is 2. The van der Waals surface area contributed by atoms with Gasteiger partial charge in [0.2, 0.25) is 0 Å². The van der Waals surface area contributed by atoms with Crippen LogP contribution >= 0.6 is 0 Å². The van der Waals surface area contributed by atoms with Crippen LogP contribution in [0.4, 0.5) is 0 Å². The SMILES string of the molecule is CCCNCc1nccn1CC(CC)CC. The second-order valence-electron chi connectivity index (χ2n) is 4.36. The molecule has 0 atom stereocenters. The average Bonchev–Trinajstić information content (AvgIpc) is 2.74. The standard InChI is InChI=1S/C13H25N3/c1-4-7-14-10-13-15-8-9-16(13)11-12(5-2)6-3/h8-9,12,14H,4-7,10-11H2,1-3H3. The molecule has 0 bridgehead atoms. The average molecular weight is 223 g/mol. The maximum atomic E-state index is 4.41. The van der Waals surface area contributed by atoms with Gasteiger partial charge in [0, 0.05) is 18.9 Å². The Hall–Kier alpha value is -0.830. The molecule has 1 aromatic heterocycles. The van der Waals surface area contributed by atoms with Crippen LogP contribution in [0, 0.1) is 5.92 Å². The molecule has 0 radical (unpaired) electrons. The molecule has 0 saturated carbocycles. The number of nitrogens with zero attached hydrogens (tertiary/aromatic N) is 2. The van der Waals surface area contributed by atoms with Crippen LogP contribution in [0.15, 0.2) is 12.4 Å². The van der Waals surface area contributed by atoms with Gasteiger partial charge in [0.25, 0.3) is 0 Å². The molecule has 0 aromatic carbocycles. The Bertz CT molecular complexity index is 276. The van der Waals surface area contributed by atoms with E-state index in [9.17, 15) is 0 Å². The molecule has 1 heterocycles. The molecule has 0 aliphatic carbocycles. The van der Waals surface area contributed by atoms with Gasteiger partial charge in [-0.25, -0.2) is 4.98 Å². The van der Waals surface area contributed by atoms with E-state index < -0.39 is 0 Å². The number of hydrogen-bond donors (Lipinski definition) is 1. The van der Waals surface area contributed by atoms with Gasteiger partial charge in [0.15, 0.2) is 0 Å². The highest BCUT2D eigenvalue weighted by Crippen LogP contribution is 2.12. The van der Waals surface area contributed by atoms with Crippen molar-refractivity contribution in [1.29, 1.82) is 0 Å². The smallest absolute Gasteiger partial charge is 0.122 e. The lowest BCUT2D eigenvalue weighted by Gasteiger charge is -2.15. The minimum Gasteiger partial charge on any atom is -0.334 e. The molecule has 0 saturated heterocycles. The van der Waals surface area contributed by atoms with Crippen LogP contribution in [-0.2, 0) is 13.1 Å². The monoisotopic (exact) mass is 223 g/mol. The Balaban J connectivity index is 2.49. The second kappa shape index (κ2) is 7.44. The third-order valence-electron chi connectivity index (χ3n) is 3.12. The first kappa shape index (κ1) is 13.2. The molecular formula is C13H25N3. The highest BCUT2D eigenvalue weighted by Gasteiger charge is 2.07. The van der Waals surface area contributed by atoms with E-state index in [2.05, 4.69) is 41.8 Å². The number of imidazole rings is 1. The van der Waals surface area contributed by atoms with E-state index in [0.717, 1.165) is 25.6 Å². The zero-order valence-corrected chi connectivity index (χ0v) is 10.9. The normalized spacial score (nSPS) is 11.2. The predicted octanol–water partition coefficient (Wildman–Crippen LogP) is 2.82. The van der Waals surface area contributed by atoms with Crippen LogP contribution in [-0.4, -0.2) is 16.1 Å². The van der Waals surface area contributed by atoms with E-state index in [0.29, 0.717) is 0 Å². The van der Waals surface area contributed by atoms with Gasteiger partial charge in [-0.2, -0.15) is 0 Å². The molecule has 0 spiro atoms. The number of hydrogen-bond acceptors (Lipinski definition) is 2. The molecule has 1 aromatic rings. The van der Waals surface area contributed by atoms with Crippen molar-refractivity contribution in [3.63, 3.8) is 0 Å². The van der Waals surface area contributed by atoms with E-state index in [-0.39, 0.29) is 0 Å². The third-order valence-corrected chi connectivity index (χ3v) is 3.12. The molecule has 0 amide bonds. The molecule has 92 valence electrons. The molecule has 0 aliphatic rings. The molecule has 1 rings (SSSR count). The summed E-state index contributed by atoms with van der Waals surface area (Å²) in [5.41, 5.74) is 0. The lowest BCUT2D eigenvalue weighted by Crippen LogP contribution is -2.19. The van der Waals surface area contributed by atoms with Crippen molar-refractivity contribution in [2.45, 2.75) is 53.1 Å². The van der Waals surface area contributed by atoms with Gasteiger partial charge >= 0.3 is 0 Å². The summed E-state index contributed by atoms with van der Waals surface area (Å²) in [6.45, 7) is 9.78. The molecule has 3 heteroatoms. The van der Waals surface area contributed by atoms with E-state index >= 15 is 0 Å². The molecule has 1 N–H and O–H groups in total. The minimum absolute atomic E-state index is 0.777. The highest BCUT2D eigenvalue weighted by molar-refractivity contribution is 4.92. The van der Waals surface area contributed by atoms with Crippen molar-refractivity contribution < 1.29 is 0 Å². The van der Waals surface area contributed by atoms with Crippen molar-refractivity contribution >= 4 is 0 Å². The number of nitrogens with one attached hydrogen (secondary N) is 1. The van der Waals surface area contributed by atoms with E-state index in [1.807, 2.05) is 6.20 Å². The number of rotatable bonds is 8. The first-order chi connectivity index (χ1) is 7.81. The van der Waals surface area contributed by atoms with Gasteiger partial charge in [-0.1, -0.05) is 33.6 Å². The van der Waals surface area contributed by atoms with Crippen LogP contribution in [0.5, 0.6) is 0 Å². The first-order valence-electron chi connectivity index (χ1n) is 6.52. The maximum absolute atomic E-state index is 4.41. The Morgan fingerprint density at radius 1 is 1.31 bits per heavy atom. The molecule has 3 nitrogen and oxygen atoms in total. The summed E-state index contributed by atoms with van der Waals surface area (Å²) in [4.78, 5) is 4.41. The fraction of sp³-hybridized carbons (Fsp3) is 0.769. The fourth-order valence-electron chi connectivity index (χ4n) is 1.88. The predicted molar refractivity (Wildman–Crippen MR) is 68.3 cm³/mol. The summed E-state index contributed by atoms with van der Waals surface area (Å²) in [5.74, 6) is 1.94. The summed E-state index contributed by atoms with van der Waals surface area (Å²) < 4.78 is 2.29. The van der Waals surface area contributed by atoms with Crippen LogP contribution < -0.4 is 5.32 Å². The molecular weight excluding hydrogens is 198 g/mol. The van der Waals surface area contributed by atoms with Crippen LogP contribution in [0.25, 0.3) is 0 Å². The molecule has 0 unspecified atom stereocenters. The third kappa shape index (κ3) is 3.97. The Morgan fingerprint density at radius 3 is 2.69 bits per heavy atom. The summed E-state index contributed by atoms with van der Waals surface area (Å²) in [6, 6.07) is 0. The van der Waals surface area contributed by atoms with Gasteiger partial charge in [0.1, 0.15) is 5.82 Å². The zero-order valence-electron chi connectivity index (χ0n) is 10.9.